The lowest BCUT2D eigenvalue weighted by molar-refractivity contribution is -0.119. The van der Waals surface area contributed by atoms with Gasteiger partial charge in [-0.3, -0.25) is 14.5 Å². The molecule has 3 aromatic rings. The minimum atomic E-state index is -0.281. The van der Waals surface area contributed by atoms with Crippen LogP contribution in [0.2, 0.25) is 0 Å². The van der Waals surface area contributed by atoms with Gasteiger partial charge in [-0.05, 0) is 26.0 Å². The molecule has 0 bridgehead atoms. The molecular formula is C25H31N7O3. The molecule has 0 spiro atoms. The van der Waals surface area contributed by atoms with E-state index in [0.29, 0.717) is 17.8 Å². The molecule has 184 valence electrons. The highest BCUT2D eigenvalue weighted by molar-refractivity contribution is 6.09. The number of hydrogen-bond donors (Lipinski definition) is 2. The van der Waals surface area contributed by atoms with Crippen LogP contribution in [-0.2, 0) is 11.2 Å². The molecule has 0 saturated carbocycles. The van der Waals surface area contributed by atoms with Crippen molar-refractivity contribution in [3.8, 4) is 5.75 Å². The molecule has 0 unspecified atom stereocenters. The van der Waals surface area contributed by atoms with Crippen LogP contribution in [0, 0.1) is 0 Å². The monoisotopic (exact) mass is 477 g/mol. The van der Waals surface area contributed by atoms with Gasteiger partial charge in [0.15, 0.2) is 5.65 Å². The largest absolute Gasteiger partial charge is 0.487 e. The van der Waals surface area contributed by atoms with Crippen LogP contribution in [0.3, 0.4) is 0 Å². The Morgan fingerprint density at radius 3 is 2.74 bits per heavy atom. The number of hydrogen-bond acceptors (Lipinski definition) is 7. The van der Waals surface area contributed by atoms with E-state index in [0.717, 1.165) is 61.8 Å². The summed E-state index contributed by atoms with van der Waals surface area (Å²) in [6.07, 6.45) is 5.75. The van der Waals surface area contributed by atoms with E-state index in [4.69, 9.17) is 4.74 Å². The predicted octanol–water partition coefficient (Wildman–Crippen LogP) is 1.95. The summed E-state index contributed by atoms with van der Waals surface area (Å²) in [5.74, 6) is 0.618. The Labute approximate surface area is 204 Å². The third-order valence-electron chi connectivity index (χ3n) is 6.47. The van der Waals surface area contributed by atoms with Crippen LogP contribution in [0.15, 0.2) is 36.8 Å². The third kappa shape index (κ3) is 4.93. The quantitative estimate of drug-likeness (QED) is 0.559. The molecule has 5 rings (SSSR count). The topological polar surface area (TPSA) is 104 Å². The molecule has 4 heterocycles. The number of anilines is 2. The van der Waals surface area contributed by atoms with E-state index in [1.165, 1.54) is 6.92 Å². The standard InChI is InChI=1S/C25H31N7O3/c1-17(33)26-6-8-30-9-11-31(12-10-30)21-14-22-18(15-25(2,3)35-22)13-20(21)29-24(34)19-16-28-32-7-4-5-27-23(19)32/h4-5,7,13-14,16H,6,8-12,15H2,1-3H3,(H,26,33)(H,29,34). The smallest absolute Gasteiger partial charge is 0.261 e. The zero-order valence-corrected chi connectivity index (χ0v) is 20.4. The summed E-state index contributed by atoms with van der Waals surface area (Å²) in [6, 6.07) is 5.87. The Morgan fingerprint density at radius 2 is 1.97 bits per heavy atom. The molecule has 2 N–H and O–H groups in total. The van der Waals surface area contributed by atoms with Gasteiger partial charge in [0, 0.05) is 76.6 Å². The first kappa shape index (κ1) is 23.1. The molecule has 10 nitrogen and oxygen atoms in total. The maximum atomic E-state index is 13.3. The van der Waals surface area contributed by atoms with Crippen LogP contribution >= 0.6 is 0 Å². The van der Waals surface area contributed by atoms with E-state index in [2.05, 4.69) is 50.4 Å². The van der Waals surface area contributed by atoms with Crippen LogP contribution in [0.5, 0.6) is 5.75 Å². The van der Waals surface area contributed by atoms with Crippen LogP contribution < -0.4 is 20.3 Å². The molecule has 0 radical (unpaired) electrons. The molecule has 10 heteroatoms. The van der Waals surface area contributed by atoms with Crippen molar-refractivity contribution >= 4 is 28.8 Å². The summed E-state index contributed by atoms with van der Waals surface area (Å²) >= 11 is 0. The van der Waals surface area contributed by atoms with Gasteiger partial charge in [-0.15, -0.1) is 0 Å². The van der Waals surface area contributed by atoms with Crippen LogP contribution in [-0.4, -0.2) is 76.2 Å². The van der Waals surface area contributed by atoms with Crippen molar-refractivity contribution in [1.82, 2.24) is 24.8 Å². The second-order valence-corrected chi connectivity index (χ2v) is 9.73. The molecule has 1 aromatic carbocycles. The van der Waals surface area contributed by atoms with Crippen molar-refractivity contribution in [2.24, 2.45) is 0 Å². The zero-order chi connectivity index (χ0) is 24.6. The Kier molecular flexibility index (Phi) is 6.06. The summed E-state index contributed by atoms with van der Waals surface area (Å²) in [4.78, 5) is 33.4. The number of nitrogens with one attached hydrogen (secondary N) is 2. The molecular weight excluding hydrogens is 446 g/mol. The molecule has 2 aromatic heterocycles. The van der Waals surface area contributed by atoms with Gasteiger partial charge in [0.2, 0.25) is 5.91 Å². The van der Waals surface area contributed by atoms with Gasteiger partial charge in [0.25, 0.3) is 5.91 Å². The minimum Gasteiger partial charge on any atom is -0.487 e. The fraction of sp³-hybridized carbons (Fsp3) is 0.440. The number of nitrogens with zero attached hydrogens (tertiary/aromatic N) is 5. The van der Waals surface area contributed by atoms with Crippen LogP contribution in [0.25, 0.3) is 5.65 Å². The van der Waals surface area contributed by atoms with E-state index in [9.17, 15) is 9.59 Å². The minimum absolute atomic E-state index is 0.00788. The zero-order valence-electron chi connectivity index (χ0n) is 20.4. The number of carbonyl (C=O) groups excluding carboxylic acids is 2. The van der Waals surface area contributed by atoms with E-state index in [-0.39, 0.29) is 17.4 Å². The number of ether oxygens (including phenoxy) is 1. The van der Waals surface area contributed by atoms with Gasteiger partial charge in [0.05, 0.1) is 17.6 Å². The molecule has 2 amide bonds. The Balaban J connectivity index is 1.38. The number of carbonyl (C=O) groups is 2. The van der Waals surface area contributed by atoms with E-state index in [1.807, 2.05) is 6.07 Å². The highest BCUT2D eigenvalue weighted by Gasteiger charge is 2.32. The Morgan fingerprint density at radius 1 is 1.17 bits per heavy atom. The Bertz CT molecular complexity index is 1260. The number of fused-ring (bicyclic) bond motifs is 2. The lowest BCUT2D eigenvalue weighted by Gasteiger charge is -2.37. The number of aromatic nitrogens is 3. The second kappa shape index (κ2) is 9.18. The third-order valence-corrected chi connectivity index (χ3v) is 6.47. The van der Waals surface area contributed by atoms with Gasteiger partial charge in [-0.2, -0.15) is 5.10 Å². The van der Waals surface area contributed by atoms with Gasteiger partial charge >= 0.3 is 0 Å². The fourth-order valence-electron chi connectivity index (χ4n) is 4.78. The fourth-order valence-corrected chi connectivity index (χ4v) is 4.78. The first-order chi connectivity index (χ1) is 16.8. The van der Waals surface area contributed by atoms with Crippen molar-refractivity contribution < 1.29 is 14.3 Å². The van der Waals surface area contributed by atoms with Crippen molar-refractivity contribution in [1.29, 1.82) is 0 Å². The number of benzene rings is 1. The Hall–Kier alpha value is -3.66. The van der Waals surface area contributed by atoms with Crippen molar-refractivity contribution in [3.05, 3.63) is 47.9 Å². The van der Waals surface area contributed by atoms with Crippen LogP contribution in [0.4, 0.5) is 11.4 Å². The summed E-state index contributed by atoms with van der Waals surface area (Å²) in [5, 5.41) is 10.2. The van der Waals surface area contributed by atoms with E-state index in [1.54, 1.807) is 29.2 Å². The summed E-state index contributed by atoms with van der Waals surface area (Å²) < 4.78 is 7.79. The summed E-state index contributed by atoms with van der Waals surface area (Å²) in [7, 11) is 0. The lowest BCUT2D eigenvalue weighted by atomic mass is 10.0. The highest BCUT2D eigenvalue weighted by Crippen LogP contribution is 2.42. The maximum Gasteiger partial charge on any atom is 0.261 e. The van der Waals surface area contributed by atoms with Gasteiger partial charge in [-0.1, -0.05) is 0 Å². The lowest BCUT2D eigenvalue weighted by Crippen LogP contribution is -2.48. The van der Waals surface area contributed by atoms with Crippen molar-refractivity contribution in [3.63, 3.8) is 0 Å². The molecule has 1 fully saturated rings. The molecule has 1 saturated heterocycles. The molecule has 2 aliphatic rings. The van der Waals surface area contributed by atoms with Crippen molar-refractivity contribution in [2.75, 3.05) is 49.5 Å². The average Bonchev–Trinajstić information content (AvgIpc) is 3.38. The SMILES string of the molecule is CC(=O)NCCN1CCN(c2cc3c(cc2NC(=O)c2cnn4cccnc24)CC(C)(C)O3)CC1. The summed E-state index contributed by atoms with van der Waals surface area (Å²) in [6.45, 7) is 10.5. The average molecular weight is 478 g/mol. The number of amides is 2. The normalized spacial score (nSPS) is 17.2. The van der Waals surface area contributed by atoms with Gasteiger partial charge < -0.3 is 20.3 Å². The van der Waals surface area contributed by atoms with Crippen LogP contribution in [0.1, 0.15) is 36.7 Å². The molecule has 0 atom stereocenters. The van der Waals surface area contributed by atoms with Gasteiger partial charge in [-0.25, -0.2) is 9.50 Å². The van der Waals surface area contributed by atoms with E-state index < -0.39 is 0 Å². The number of piperazine rings is 1. The predicted molar refractivity (Wildman–Crippen MR) is 133 cm³/mol. The van der Waals surface area contributed by atoms with E-state index >= 15 is 0 Å². The second-order valence-electron chi connectivity index (χ2n) is 9.73. The highest BCUT2D eigenvalue weighted by atomic mass is 16.5. The van der Waals surface area contributed by atoms with Crippen molar-refractivity contribution in [2.45, 2.75) is 32.8 Å². The van der Waals surface area contributed by atoms with Gasteiger partial charge in [0.1, 0.15) is 16.9 Å². The first-order valence-corrected chi connectivity index (χ1v) is 12.0. The summed E-state index contributed by atoms with van der Waals surface area (Å²) in [5.41, 5.74) is 3.46. The first-order valence-electron chi connectivity index (χ1n) is 12.0. The molecule has 0 aliphatic carbocycles. The number of rotatable bonds is 6. The molecule has 35 heavy (non-hydrogen) atoms. The maximum absolute atomic E-state index is 13.3. The molecule has 2 aliphatic heterocycles.